The molecule has 2 aliphatic rings. The number of hydrogen-bond donors (Lipinski definition) is 0. The van der Waals surface area contributed by atoms with Gasteiger partial charge in [-0.05, 0) is 48.7 Å². The molecular weight excluding hydrogens is 460 g/mol. The van der Waals surface area contributed by atoms with E-state index in [4.69, 9.17) is 4.74 Å². The number of carbonyl (C=O) groups excluding carboxylic acids is 1. The van der Waals surface area contributed by atoms with Crippen LogP contribution in [-0.2, 0) is 21.3 Å². The van der Waals surface area contributed by atoms with Crippen molar-refractivity contribution in [3.8, 4) is 0 Å². The first kappa shape index (κ1) is 23.7. The maximum absolute atomic E-state index is 13.6. The number of benzene rings is 3. The lowest BCUT2D eigenvalue weighted by atomic mass is 9.84. The molecule has 0 spiro atoms. The zero-order valence-corrected chi connectivity index (χ0v) is 20.8. The normalized spacial score (nSPS) is 23.0. The van der Waals surface area contributed by atoms with Crippen LogP contribution >= 0.6 is 0 Å². The lowest BCUT2D eigenvalue weighted by molar-refractivity contribution is -0.0440. The van der Waals surface area contributed by atoms with Crippen LogP contribution in [0.15, 0.2) is 83.8 Å². The van der Waals surface area contributed by atoms with Gasteiger partial charge >= 0.3 is 0 Å². The molecule has 1 saturated heterocycles. The predicted octanol–water partition coefficient (Wildman–Crippen LogP) is 4.27. The van der Waals surface area contributed by atoms with Crippen molar-refractivity contribution in [3.63, 3.8) is 0 Å². The summed E-state index contributed by atoms with van der Waals surface area (Å²) in [6, 6.07) is 24.8. The minimum atomic E-state index is -3.73. The average Bonchev–Trinajstić information content (AvgIpc) is 2.87. The van der Waals surface area contributed by atoms with Crippen LogP contribution in [0.3, 0.4) is 0 Å². The molecule has 182 valence electrons. The van der Waals surface area contributed by atoms with Crippen molar-refractivity contribution in [2.75, 3.05) is 19.6 Å². The SMILES string of the molecule is C[C@@H]1CN(S(=O)(=O)c2cccc(C(=O)N3Cc4ccccc4[C@@H](c4ccccc4)C3)c2)C[C@H](C)O1. The van der Waals surface area contributed by atoms with E-state index in [1.807, 2.05) is 49.1 Å². The molecule has 1 fully saturated rings. The third-order valence-corrected chi connectivity index (χ3v) is 8.62. The third-order valence-electron chi connectivity index (χ3n) is 6.79. The maximum Gasteiger partial charge on any atom is 0.254 e. The molecular formula is C28H30N2O4S. The molecule has 7 heteroatoms. The van der Waals surface area contributed by atoms with Gasteiger partial charge in [-0.1, -0.05) is 60.7 Å². The molecule has 0 aliphatic carbocycles. The lowest BCUT2D eigenvalue weighted by Crippen LogP contribution is -2.48. The summed E-state index contributed by atoms with van der Waals surface area (Å²) in [5.74, 6) is -0.102. The van der Waals surface area contributed by atoms with Gasteiger partial charge < -0.3 is 9.64 Å². The Balaban J connectivity index is 1.44. The lowest BCUT2D eigenvalue weighted by Gasteiger charge is -2.35. The Hall–Kier alpha value is -3.00. The number of fused-ring (bicyclic) bond motifs is 1. The second-order valence-corrected chi connectivity index (χ2v) is 11.4. The molecule has 0 N–H and O–H groups in total. The van der Waals surface area contributed by atoms with Gasteiger partial charge in [-0.15, -0.1) is 0 Å². The highest BCUT2D eigenvalue weighted by Gasteiger charge is 2.34. The van der Waals surface area contributed by atoms with Crippen LogP contribution in [0.25, 0.3) is 0 Å². The second-order valence-electron chi connectivity index (χ2n) is 9.45. The zero-order chi connectivity index (χ0) is 24.6. The van der Waals surface area contributed by atoms with E-state index in [2.05, 4.69) is 24.3 Å². The van der Waals surface area contributed by atoms with Gasteiger partial charge in [0.15, 0.2) is 0 Å². The van der Waals surface area contributed by atoms with Gasteiger partial charge in [0, 0.05) is 37.7 Å². The number of amides is 1. The third kappa shape index (κ3) is 4.76. The average molecular weight is 491 g/mol. The summed E-state index contributed by atoms with van der Waals surface area (Å²) in [6.45, 7) is 5.37. The van der Waals surface area contributed by atoms with Crippen LogP contribution in [0.5, 0.6) is 0 Å². The fourth-order valence-electron chi connectivity index (χ4n) is 5.18. The number of sulfonamides is 1. The molecule has 0 bridgehead atoms. The molecule has 1 amide bonds. The summed E-state index contributed by atoms with van der Waals surface area (Å²) in [5.41, 5.74) is 3.88. The van der Waals surface area contributed by atoms with Crippen LogP contribution in [0, 0.1) is 0 Å². The van der Waals surface area contributed by atoms with Crippen molar-refractivity contribution in [1.29, 1.82) is 0 Å². The molecule has 3 atom stereocenters. The summed E-state index contributed by atoms with van der Waals surface area (Å²) in [7, 11) is -3.73. The topological polar surface area (TPSA) is 66.9 Å². The summed E-state index contributed by atoms with van der Waals surface area (Å²) < 4.78 is 33.9. The first-order valence-corrected chi connectivity index (χ1v) is 13.4. The molecule has 6 nitrogen and oxygen atoms in total. The molecule has 0 aromatic heterocycles. The Kier molecular flexibility index (Phi) is 6.49. The van der Waals surface area contributed by atoms with E-state index in [0.29, 0.717) is 31.7 Å². The Morgan fingerprint density at radius 3 is 2.29 bits per heavy atom. The van der Waals surface area contributed by atoms with Crippen LogP contribution in [0.4, 0.5) is 0 Å². The number of ether oxygens (including phenoxy) is 1. The van der Waals surface area contributed by atoms with E-state index >= 15 is 0 Å². The number of rotatable bonds is 4. The highest BCUT2D eigenvalue weighted by atomic mass is 32.2. The first-order chi connectivity index (χ1) is 16.8. The Labute approximate surface area is 207 Å². The first-order valence-electron chi connectivity index (χ1n) is 12.0. The smallest absolute Gasteiger partial charge is 0.254 e. The van der Waals surface area contributed by atoms with Crippen molar-refractivity contribution in [2.45, 2.75) is 43.4 Å². The van der Waals surface area contributed by atoms with E-state index in [1.165, 1.54) is 15.9 Å². The van der Waals surface area contributed by atoms with Crippen molar-refractivity contribution in [3.05, 3.63) is 101 Å². The van der Waals surface area contributed by atoms with Gasteiger partial charge in [0.05, 0.1) is 17.1 Å². The zero-order valence-electron chi connectivity index (χ0n) is 20.0. The summed E-state index contributed by atoms with van der Waals surface area (Å²) in [5, 5.41) is 0. The van der Waals surface area contributed by atoms with Gasteiger partial charge in [0.1, 0.15) is 0 Å². The van der Waals surface area contributed by atoms with E-state index in [0.717, 1.165) is 11.1 Å². The van der Waals surface area contributed by atoms with Gasteiger partial charge in [-0.25, -0.2) is 8.42 Å². The Bertz CT molecular complexity index is 1320. The summed E-state index contributed by atoms with van der Waals surface area (Å²) in [6.07, 6.45) is -0.358. The van der Waals surface area contributed by atoms with E-state index in [1.54, 1.807) is 18.2 Å². The molecule has 35 heavy (non-hydrogen) atoms. The fraction of sp³-hybridized carbons (Fsp3) is 0.321. The van der Waals surface area contributed by atoms with Crippen molar-refractivity contribution < 1.29 is 17.9 Å². The summed E-state index contributed by atoms with van der Waals surface area (Å²) in [4.78, 5) is 15.6. The van der Waals surface area contributed by atoms with Crippen molar-refractivity contribution in [1.82, 2.24) is 9.21 Å². The number of carbonyl (C=O) groups is 1. The molecule has 2 aliphatic heterocycles. The number of morpholine rings is 1. The number of nitrogens with zero attached hydrogens (tertiary/aromatic N) is 2. The van der Waals surface area contributed by atoms with Gasteiger partial charge in [0.25, 0.3) is 5.91 Å². The molecule has 3 aromatic carbocycles. The van der Waals surface area contributed by atoms with Crippen molar-refractivity contribution >= 4 is 15.9 Å². The molecule has 0 unspecified atom stereocenters. The molecule has 3 aromatic rings. The highest BCUT2D eigenvalue weighted by molar-refractivity contribution is 7.89. The van der Waals surface area contributed by atoms with E-state index < -0.39 is 10.0 Å². The summed E-state index contributed by atoms with van der Waals surface area (Å²) >= 11 is 0. The minimum absolute atomic E-state index is 0.0633. The largest absolute Gasteiger partial charge is 0.373 e. The van der Waals surface area contributed by atoms with Crippen LogP contribution in [-0.4, -0.2) is 55.4 Å². The standard InChI is InChI=1S/C28H30N2O4S/c1-20-16-30(17-21(2)34-20)35(32,33)25-13-8-12-23(15-25)28(31)29-18-24-11-6-7-14-26(24)27(19-29)22-9-4-3-5-10-22/h3-15,20-21,27H,16-19H2,1-2H3/t20-,21+,27-/m1/s1. The van der Waals surface area contributed by atoms with Gasteiger partial charge in [0.2, 0.25) is 10.0 Å². The number of hydrogen-bond acceptors (Lipinski definition) is 4. The molecule has 0 radical (unpaired) electrons. The second kappa shape index (κ2) is 9.57. The molecule has 5 rings (SSSR count). The fourth-order valence-corrected chi connectivity index (χ4v) is 6.82. The maximum atomic E-state index is 13.6. The predicted molar refractivity (Wildman–Crippen MR) is 135 cm³/mol. The quantitative estimate of drug-likeness (QED) is 0.548. The van der Waals surface area contributed by atoms with Crippen molar-refractivity contribution in [2.24, 2.45) is 0 Å². The minimum Gasteiger partial charge on any atom is -0.373 e. The van der Waals surface area contributed by atoms with Crippen LogP contribution in [0.2, 0.25) is 0 Å². The molecule has 0 saturated carbocycles. The highest BCUT2D eigenvalue weighted by Crippen LogP contribution is 2.34. The van der Waals surface area contributed by atoms with E-state index in [9.17, 15) is 13.2 Å². The van der Waals surface area contributed by atoms with Gasteiger partial charge in [-0.2, -0.15) is 4.31 Å². The Morgan fingerprint density at radius 1 is 0.857 bits per heavy atom. The van der Waals surface area contributed by atoms with E-state index in [-0.39, 0.29) is 28.9 Å². The van der Waals surface area contributed by atoms with Crippen LogP contribution in [0.1, 0.15) is 46.8 Å². The van der Waals surface area contributed by atoms with Crippen LogP contribution < -0.4 is 0 Å². The Morgan fingerprint density at radius 2 is 1.54 bits per heavy atom. The monoisotopic (exact) mass is 490 g/mol. The van der Waals surface area contributed by atoms with Gasteiger partial charge in [-0.3, -0.25) is 4.79 Å². The molecule has 2 heterocycles.